The van der Waals surface area contributed by atoms with Gasteiger partial charge in [0.15, 0.2) is 0 Å². The SMILES string of the molecule is Cc1cc(O)c2c(c1)OC1=C(CC[C@@H](C)C1)C2(C)C. The summed E-state index contributed by atoms with van der Waals surface area (Å²) >= 11 is 0. The van der Waals surface area contributed by atoms with Crippen LogP contribution in [-0.2, 0) is 5.41 Å². The van der Waals surface area contributed by atoms with Crippen molar-refractivity contribution in [3.05, 3.63) is 34.6 Å². The third-order valence-corrected chi connectivity index (χ3v) is 4.60. The molecule has 0 saturated carbocycles. The van der Waals surface area contributed by atoms with Crippen LogP contribution < -0.4 is 4.74 Å². The highest BCUT2D eigenvalue weighted by Crippen LogP contribution is 2.52. The lowest BCUT2D eigenvalue weighted by Crippen LogP contribution is -2.31. The van der Waals surface area contributed by atoms with Crippen molar-refractivity contribution >= 4 is 0 Å². The minimum Gasteiger partial charge on any atom is -0.507 e. The third-order valence-electron chi connectivity index (χ3n) is 4.60. The van der Waals surface area contributed by atoms with Crippen molar-refractivity contribution in [1.82, 2.24) is 0 Å². The molecule has 0 bridgehead atoms. The lowest BCUT2D eigenvalue weighted by Gasteiger charge is -2.40. The van der Waals surface area contributed by atoms with Crippen molar-refractivity contribution in [2.45, 2.75) is 52.4 Å². The molecule has 1 N–H and O–H groups in total. The quantitative estimate of drug-likeness (QED) is 0.745. The molecular formula is C17H22O2. The minimum atomic E-state index is -0.124. The van der Waals surface area contributed by atoms with Crippen molar-refractivity contribution in [1.29, 1.82) is 0 Å². The summed E-state index contributed by atoms with van der Waals surface area (Å²) in [5.74, 6) is 3.04. The fourth-order valence-electron chi connectivity index (χ4n) is 3.56. The average Bonchev–Trinajstić information content (AvgIpc) is 2.25. The zero-order valence-electron chi connectivity index (χ0n) is 12.2. The van der Waals surface area contributed by atoms with Crippen molar-refractivity contribution in [3.63, 3.8) is 0 Å². The van der Waals surface area contributed by atoms with Crippen LogP contribution in [0.15, 0.2) is 23.5 Å². The van der Waals surface area contributed by atoms with E-state index in [4.69, 9.17) is 4.74 Å². The molecule has 102 valence electrons. The number of hydrogen-bond acceptors (Lipinski definition) is 2. The second-order valence-corrected chi connectivity index (χ2v) is 6.63. The van der Waals surface area contributed by atoms with Crippen molar-refractivity contribution in [2.24, 2.45) is 5.92 Å². The number of fused-ring (bicyclic) bond motifs is 1. The molecule has 2 nitrogen and oxygen atoms in total. The maximum absolute atomic E-state index is 10.3. The highest BCUT2D eigenvalue weighted by atomic mass is 16.5. The monoisotopic (exact) mass is 258 g/mol. The van der Waals surface area contributed by atoms with E-state index >= 15 is 0 Å². The topological polar surface area (TPSA) is 29.5 Å². The van der Waals surface area contributed by atoms with Crippen LogP contribution >= 0.6 is 0 Å². The van der Waals surface area contributed by atoms with Crippen LogP contribution in [0.3, 0.4) is 0 Å². The number of ether oxygens (including phenoxy) is 1. The Hall–Kier alpha value is -1.44. The first-order chi connectivity index (χ1) is 8.89. The molecule has 1 aliphatic carbocycles. The zero-order chi connectivity index (χ0) is 13.8. The van der Waals surface area contributed by atoms with Crippen LogP contribution in [-0.4, -0.2) is 5.11 Å². The second-order valence-electron chi connectivity index (χ2n) is 6.63. The van der Waals surface area contributed by atoms with Crippen molar-refractivity contribution in [3.8, 4) is 11.5 Å². The highest BCUT2D eigenvalue weighted by molar-refractivity contribution is 5.57. The lowest BCUT2D eigenvalue weighted by atomic mass is 9.69. The van der Waals surface area contributed by atoms with Gasteiger partial charge in [-0.05, 0) is 49.0 Å². The molecule has 1 aliphatic heterocycles. The maximum Gasteiger partial charge on any atom is 0.134 e. The Labute approximate surface area is 115 Å². The van der Waals surface area contributed by atoms with Crippen LogP contribution in [0.5, 0.6) is 11.5 Å². The molecule has 19 heavy (non-hydrogen) atoms. The van der Waals surface area contributed by atoms with E-state index in [9.17, 15) is 5.11 Å². The summed E-state index contributed by atoms with van der Waals surface area (Å²) in [4.78, 5) is 0. The van der Waals surface area contributed by atoms with Crippen LogP contribution in [0, 0.1) is 12.8 Å². The summed E-state index contributed by atoms with van der Waals surface area (Å²) in [5.41, 5.74) is 3.24. The molecule has 0 unspecified atom stereocenters. The van der Waals surface area contributed by atoms with Gasteiger partial charge in [0.1, 0.15) is 17.3 Å². The van der Waals surface area contributed by atoms with Crippen molar-refractivity contribution in [2.75, 3.05) is 0 Å². The Morgan fingerprint density at radius 1 is 1.32 bits per heavy atom. The molecule has 2 heteroatoms. The predicted molar refractivity (Wildman–Crippen MR) is 76.5 cm³/mol. The number of rotatable bonds is 0. The summed E-state index contributed by atoms with van der Waals surface area (Å²) in [6.45, 7) is 8.68. The molecule has 1 atom stereocenters. The van der Waals surface area contributed by atoms with Gasteiger partial charge in [-0.2, -0.15) is 0 Å². The Bertz CT molecular complexity index is 567. The first kappa shape index (κ1) is 12.6. The third kappa shape index (κ3) is 1.85. The number of aryl methyl sites for hydroxylation is 1. The molecule has 1 heterocycles. The highest BCUT2D eigenvalue weighted by Gasteiger charge is 2.40. The largest absolute Gasteiger partial charge is 0.507 e. The van der Waals surface area contributed by atoms with Gasteiger partial charge in [-0.1, -0.05) is 20.8 Å². The summed E-state index contributed by atoms with van der Waals surface area (Å²) in [6.07, 6.45) is 3.32. The van der Waals surface area contributed by atoms with E-state index in [-0.39, 0.29) is 5.41 Å². The Balaban J connectivity index is 2.17. The van der Waals surface area contributed by atoms with E-state index in [1.165, 1.54) is 12.0 Å². The number of phenolic OH excluding ortho intramolecular Hbond substituents is 1. The normalized spacial score (nSPS) is 24.5. The minimum absolute atomic E-state index is 0.124. The van der Waals surface area contributed by atoms with E-state index in [0.717, 1.165) is 35.5 Å². The molecule has 0 spiro atoms. The Morgan fingerprint density at radius 2 is 2.05 bits per heavy atom. The maximum atomic E-state index is 10.3. The van der Waals surface area contributed by atoms with Crippen LogP contribution in [0.25, 0.3) is 0 Å². The molecule has 0 saturated heterocycles. The number of phenols is 1. The predicted octanol–water partition coefficient (Wildman–Crippen LogP) is 4.44. The second kappa shape index (κ2) is 4.03. The van der Waals surface area contributed by atoms with E-state index in [0.29, 0.717) is 11.7 Å². The first-order valence-corrected chi connectivity index (χ1v) is 7.14. The standard InChI is InChI=1S/C17H22O2/c1-10-5-6-12-14(8-10)19-15-9-11(2)7-13(18)16(15)17(12,3)4/h7,9-10,18H,5-6,8H2,1-4H3/t10-/m1/s1. The molecule has 0 amide bonds. The van der Waals surface area contributed by atoms with Gasteiger partial charge < -0.3 is 9.84 Å². The molecule has 1 aromatic rings. The van der Waals surface area contributed by atoms with Gasteiger partial charge in [-0.25, -0.2) is 0 Å². The van der Waals surface area contributed by atoms with E-state index in [2.05, 4.69) is 20.8 Å². The lowest BCUT2D eigenvalue weighted by molar-refractivity contribution is 0.286. The van der Waals surface area contributed by atoms with Gasteiger partial charge in [0.05, 0.1) is 0 Å². The van der Waals surface area contributed by atoms with Crippen LogP contribution in [0.2, 0.25) is 0 Å². The van der Waals surface area contributed by atoms with Gasteiger partial charge >= 0.3 is 0 Å². The number of benzene rings is 1. The van der Waals surface area contributed by atoms with Crippen LogP contribution in [0.1, 0.15) is 51.2 Å². The fourth-order valence-corrected chi connectivity index (χ4v) is 3.56. The van der Waals surface area contributed by atoms with Crippen molar-refractivity contribution < 1.29 is 9.84 Å². The van der Waals surface area contributed by atoms with E-state index in [1.54, 1.807) is 0 Å². The first-order valence-electron chi connectivity index (χ1n) is 7.14. The van der Waals surface area contributed by atoms with Gasteiger partial charge in [-0.15, -0.1) is 0 Å². The molecular weight excluding hydrogens is 236 g/mol. The smallest absolute Gasteiger partial charge is 0.134 e. The Kier molecular flexibility index (Phi) is 2.67. The fraction of sp³-hybridized carbons (Fsp3) is 0.529. The summed E-state index contributed by atoms with van der Waals surface area (Å²) in [7, 11) is 0. The average molecular weight is 258 g/mol. The number of allylic oxidation sites excluding steroid dienone is 2. The number of hydrogen-bond donors (Lipinski definition) is 1. The molecule has 2 aliphatic rings. The summed E-state index contributed by atoms with van der Waals surface area (Å²) in [5, 5.41) is 10.3. The Morgan fingerprint density at radius 3 is 2.79 bits per heavy atom. The van der Waals surface area contributed by atoms with Gasteiger partial charge in [0, 0.05) is 17.4 Å². The molecule has 3 rings (SSSR count). The van der Waals surface area contributed by atoms with Gasteiger partial charge in [-0.3, -0.25) is 0 Å². The van der Waals surface area contributed by atoms with E-state index < -0.39 is 0 Å². The summed E-state index contributed by atoms with van der Waals surface area (Å²) in [6, 6.07) is 3.88. The molecule has 0 fully saturated rings. The zero-order valence-corrected chi connectivity index (χ0v) is 12.2. The van der Waals surface area contributed by atoms with Crippen LogP contribution in [0.4, 0.5) is 0 Å². The molecule has 1 aromatic carbocycles. The summed E-state index contributed by atoms with van der Waals surface area (Å²) < 4.78 is 6.12. The molecule has 0 radical (unpaired) electrons. The van der Waals surface area contributed by atoms with Gasteiger partial charge in [0.25, 0.3) is 0 Å². The van der Waals surface area contributed by atoms with E-state index in [1.807, 2.05) is 19.1 Å². The number of aromatic hydroxyl groups is 1. The molecule has 0 aromatic heterocycles. The van der Waals surface area contributed by atoms with Gasteiger partial charge in [0.2, 0.25) is 0 Å².